The van der Waals surface area contributed by atoms with Crippen molar-refractivity contribution in [3.05, 3.63) is 57.8 Å². The average Bonchev–Trinajstić information content (AvgIpc) is 3.10. The van der Waals surface area contributed by atoms with Crippen molar-refractivity contribution in [2.75, 3.05) is 33.2 Å². The maximum atomic E-state index is 12.4. The number of carbonyl (C=O) groups excluding carboxylic acids is 1. The van der Waals surface area contributed by atoms with E-state index in [9.17, 15) is 4.79 Å². The van der Waals surface area contributed by atoms with Crippen LogP contribution in [-0.4, -0.2) is 49.1 Å². The molecule has 1 N–H and O–H groups in total. The molecule has 0 unspecified atom stereocenters. The van der Waals surface area contributed by atoms with E-state index in [0.29, 0.717) is 12.5 Å². The molecule has 1 aliphatic rings. The van der Waals surface area contributed by atoms with Gasteiger partial charge in [-0.1, -0.05) is 30.3 Å². The third kappa shape index (κ3) is 6.08. The highest BCUT2D eigenvalue weighted by atomic mass is 32.1. The molecule has 1 aliphatic heterocycles. The largest absolute Gasteiger partial charge is 0.338 e. The van der Waals surface area contributed by atoms with Crippen molar-refractivity contribution >= 4 is 17.4 Å². The number of likely N-dealkylation sites (tertiary alicyclic amines) is 1. The normalized spacial score (nSPS) is 17.6. The number of aryl methyl sites for hydroxylation is 1. The van der Waals surface area contributed by atoms with E-state index in [1.165, 1.54) is 35.4 Å². The third-order valence-electron chi connectivity index (χ3n) is 5.40. The predicted octanol–water partition coefficient (Wildman–Crippen LogP) is 4.15. The van der Waals surface area contributed by atoms with E-state index in [1.807, 2.05) is 7.05 Å². The van der Waals surface area contributed by atoms with Crippen LogP contribution in [0.5, 0.6) is 0 Å². The molecule has 4 nitrogen and oxygen atoms in total. The summed E-state index contributed by atoms with van der Waals surface area (Å²) in [7, 11) is 1.88. The summed E-state index contributed by atoms with van der Waals surface area (Å²) in [4.78, 5) is 18.0. The zero-order valence-corrected chi connectivity index (χ0v) is 17.3. The SMILES string of the molecule is Cc1ccsc1CN(C)C(=O)NC[C@@H]1CCCN(CCc2ccccc2)C1. The summed E-state index contributed by atoms with van der Waals surface area (Å²) in [6, 6.07) is 12.8. The van der Waals surface area contributed by atoms with Crippen LogP contribution in [0.3, 0.4) is 0 Å². The molecule has 0 radical (unpaired) electrons. The molecule has 1 saturated heterocycles. The smallest absolute Gasteiger partial charge is 0.317 e. The minimum Gasteiger partial charge on any atom is -0.338 e. The summed E-state index contributed by atoms with van der Waals surface area (Å²) >= 11 is 1.72. The van der Waals surface area contributed by atoms with Crippen molar-refractivity contribution in [2.24, 2.45) is 5.92 Å². The molecular formula is C22H31N3OS. The number of hydrogen-bond acceptors (Lipinski definition) is 3. The van der Waals surface area contributed by atoms with Crippen molar-refractivity contribution in [2.45, 2.75) is 32.7 Å². The van der Waals surface area contributed by atoms with Crippen LogP contribution in [0, 0.1) is 12.8 Å². The number of nitrogens with one attached hydrogen (secondary N) is 1. The minimum atomic E-state index is 0.0317. The van der Waals surface area contributed by atoms with Gasteiger partial charge in [-0.25, -0.2) is 4.79 Å². The lowest BCUT2D eigenvalue weighted by molar-refractivity contribution is 0.168. The molecule has 1 fully saturated rings. The molecular weight excluding hydrogens is 354 g/mol. The van der Waals surface area contributed by atoms with Gasteiger partial charge in [-0.05, 0) is 61.2 Å². The Balaban J connectivity index is 1.39. The zero-order chi connectivity index (χ0) is 19.1. The van der Waals surface area contributed by atoms with Crippen LogP contribution >= 0.6 is 11.3 Å². The second-order valence-corrected chi connectivity index (χ2v) is 8.61. The molecule has 0 saturated carbocycles. The molecule has 5 heteroatoms. The van der Waals surface area contributed by atoms with E-state index in [4.69, 9.17) is 0 Å². The summed E-state index contributed by atoms with van der Waals surface area (Å²) in [5.41, 5.74) is 2.67. The van der Waals surface area contributed by atoms with Crippen molar-refractivity contribution in [3.8, 4) is 0 Å². The molecule has 1 aromatic heterocycles. The second-order valence-electron chi connectivity index (χ2n) is 7.61. The van der Waals surface area contributed by atoms with Gasteiger partial charge in [-0.2, -0.15) is 0 Å². The van der Waals surface area contributed by atoms with E-state index in [1.54, 1.807) is 16.2 Å². The molecule has 2 heterocycles. The van der Waals surface area contributed by atoms with Crippen LogP contribution < -0.4 is 5.32 Å². The molecule has 0 bridgehead atoms. The number of benzene rings is 1. The lowest BCUT2D eigenvalue weighted by Gasteiger charge is -2.33. The van der Waals surface area contributed by atoms with Gasteiger partial charge >= 0.3 is 6.03 Å². The van der Waals surface area contributed by atoms with Crippen molar-refractivity contribution in [1.29, 1.82) is 0 Å². The van der Waals surface area contributed by atoms with Crippen LogP contribution in [0.1, 0.15) is 28.8 Å². The Morgan fingerprint density at radius 1 is 1.30 bits per heavy atom. The number of urea groups is 1. The fourth-order valence-corrected chi connectivity index (χ4v) is 4.63. The molecule has 1 aromatic carbocycles. The first-order valence-corrected chi connectivity index (χ1v) is 10.8. The van der Waals surface area contributed by atoms with Crippen LogP contribution in [0.4, 0.5) is 4.79 Å². The summed E-state index contributed by atoms with van der Waals surface area (Å²) in [5, 5.41) is 5.23. The fourth-order valence-electron chi connectivity index (χ4n) is 3.67. The van der Waals surface area contributed by atoms with Gasteiger partial charge < -0.3 is 15.1 Å². The highest BCUT2D eigenvalue weighted by Gasteiger charge is 2.21. The van der Waals surface area contributed by atoms with Crippen LogP contribution in [0.15, 0.2) is 41.8 Å². The number of thiophene rings is 1. The number of nitrogens with zero attached hydrogens (tertiary/aromatic N) is 2. The van der Waals surface area contributed by atoms with Gasteiger partial charge in [-0.15, -0.1) is 11.3 Å². The van der Waals surface area contributed by atoms with E-state index < -0.39 is 0 Å². The van der Waals surface area contributed by atoms with E-state index in [-0.39, 0.29) is 6.03 Å². The van der Waals surface area contributed by atoms with Gasteiger partial charge in [0.15, 0.2) is 0 Å². The maximum absolute atomic E-state index is 12.4. The summed E-state index contributed by atoms with van der Waals surface area (Å²) < 4.78 is 0. The van der Waals surface area contributed by atoms with E-state index >= 15 is 0 Å². The zero-order valence-electron chi connectivity index (χ0n) is 16.5. The van der Waals surface area contributed by atoms with E-state index in [2.05, 4.69) is 58.9 Å². The highest BCUT2D eigenvalue weighted by molar-refractivity contribution is 7.10. The Labute approximate surface area is 167 Å². The number of amides is 2. The number of piperidine rings is 1. The molecule has 1 atom stereocenters. The molecule has 0 spiro atoms. The number of carbonyl (C=O) groups is 1. The molecule has 2 amide bonds. The summed E-state index contributed by atoms with van der Waals surface area (Å²) in [6.45, 7) is 6.92. The third-order valence-corrected chi connectivity index (χ3v) is 6.41. The van der Waals surface area contributed by atoms with Crippen molar-refractivity contribution < 1.29 is 4.79 Å². The number of hydrogen-bond donors (Lipinski definition) is 1. The maximum Gasteiger partial charge on any atom is 0.317 e. The predicted molar refractivity (Wildman–Crippen MR) is 113 cm³/mol. The van der Waals surface area contributed by atoms with Gasteiger partial charge in [0.2, 0.25) is 0 Å². The quantitative estimate of drug-likeness (QED) is 0.777. The van der Waals surface area contributed by atoms with Gasteiger partial charge in [0.1, 0.15) is 0 Å². The van der Waals surface area contributed by atoms with Crippen molar-refractivity contribution in [1.82, 2.24) is 15.1 Å². The Morgan fingerprint density at radius 2 is 2.11 bits per heavy atom. The van der Waals surface area contributed by atoms with Gasteiger partial charge in [0, 0.05) is 31.6 Å². The van der Waals surface area contributed by atoms with Crippen LogP contribution in [0.25, 0.3) is 0 Å². The Bertz CT molecular complexity index is 715. The topological polar surface area (TPSA) is 35.6 Å². The fraction of sp³-hybridized carbons (Fsp3) is 0.500. The summed E-state index contributed by atoms with van der Waals surface area (Å²) in [5.74, 6) is 0.551. The van der Waals surface area contributed by atoms with Gasteiger partial charge in [-0.3, -0.25) is 0 Å². The Kier molecular flexibility index (Phi) is 7.30. The first-order chi connectivity index (χ1) is 13.1. The van der Waals surface area contributed by atoms with Gasteiger partial charge in [0.25, 0.3) is 0 Å². The number of rotatable bonds is 7. The van der Waals surface area contributed by atoms with Crippen molar-refractivity contribution in [3.63, 3.8) is 0 Å². The first kappa shape index (κ1) is 19.9. The van der Waals surface area contributed by atoms with Crippen LogP contribution in [-0.2, 0) is 13.0 Å². The average molecular weight is 386 g/mol. The first-order valence-electron chi connectivity index (χ1n) is 9.90. The second kappa shape index (κ2) is 9.90. The lowest BCUT2D eigenvalue weighted by atomic mass is 9.97. The monoisotopic (exact) mass is 385 g/mol. The molecule has 0 aliphatic carbocycles. The summed E-state index contributed by atoms with van der Waals surface area (Å²) in [6.07, 6.45) is 3.53. The lowest BCUT2D eigenvalue weighted by Crippen LogP contribution is -2.44. The Morgan fingerprint density at radius 3 is 2.85 bits per heavy atom. The molecule has 2 aromatic rings. The molecule has 146 valence electrons. The Hall–Kier alpha value is -1.85. The molecule has 27 heavy (non-hydrogen) atoms. The standard InChI is InChI=1S/C22H31N3OS/c1-18-11-14-27-21(18)17-24(2)22(26)23-15-20-9-6-12-25(16-20)13-10-19-7-4-3-5-8-19/h3-5,7-8,11,14,20H,6,9-10,12-13,15-17H2,1-2H3,(H,23,26)/t20-/m0/s1. The van der Waals surface area contributed by atoms with Gasteiger partial charge in [0.05, 0.1) is 6.54 Å². The highest BCUT2D eigenvalue weighted by Crippen LogP contribution is 2.18. The molecule has 3 rings (SSSR count). The van der Waals surface area contributed by atoms with E-state index in [0.717, 1.165) is 26.1 Å². The van der Waals surface area contributed by atoms with Crippen LogP contribution in [0.2, 0.25) is 0 Å². The minimum absolute atomic E-state index is 0.0317.